The van der Waals surface area contributed by atoms with E-state index >= 15 is 0 Å². The van der Waals surface area contributed by atoms with Gasteiger partial charge in [-0.15, -0.1) is 11.3 Å². The van der Waals surface area contributed by atoms with Gasteiger partial charge in [-0.25, -0.2) is 9.37 Å². The number of hydrogen-bond acceptors (Lipinski definition) is 4. The van der Waals surface area contributed by atoms with Crippen molar-refractivity contribution in [3.63, 3.8) is 0 Å². The van der Waals surface area contributed by atoms with Gasteiger partial charge in [0.1, 0.15) is 5.82 Å². The third-order valence-corrected chi connectivity index (χ3v) is 5.57. The van der Waals surface area contributed by atoms with E-state index in [1.165, 1.54) is 10.9 Å². The average Bonchev–Trinajstić information content (AvgIpc) is 2.93. The summed E-state index contributed by atoms with van der Waals surface area (Å²) in [6.07, 6.45) is 2.13. The van der Waals surface area contributed by atoms with E-state index in [0.717, 1.165) is 43.7 Å². The summed E-state index contributed by atoms with van der Waals surface area (Å²) >= 11 is 1.72. The van der Waals surface area contributed by atoms with Crippen molar-refractivity contribution in [2.45, 2.75) is 32.4 Å². The third-order valence-electron chi connectivity index (χ3n) is 4.65. The van der Waals surface area contributed by atoms with Gasteiger partial charge in [0.05, 0.1) is 17.3 Å². The molecule has 0 saturated carbocycles. The zero-order valence-electron chi connectivity index (χ0n) is 13.7. The fraction of sp³-hybridized carbons (Fsp3) is 0.500. The van der Waals surface area contributed by atoms with Crippen LogP contribution in [-0.2, 0) is 17.7 Å². The zero-order chi connectivity index (χ0) is 16.2. The van der Waals surface area contributed by atoms with Gasteiger partial charge in [0.2, 0.25) is 0 Å². The van der Waals surface area contributed by atoms with E-state index in [2.05, 4.69) is 16.8 Å². The van der Waals surface area contributed by atoms with Crippen molar-refractivity contribution in [2.24, 2.45) is 5.92 Å². The standard InChI is InChI=1S/C18H23FN2OS/c1-13-18(23-12-20-13)11-21-7-6-17(22-2)15(10-21)8-14-4-3-5-16(19)9-14/h3-5,9,12,15,17H,6-8,10-11H2,1-2H3/t15-,17-/m1/s1. The van der Waals surface area contributed by atoms with E-state index in [4.69, 9.17) is 4.74 Å². The van der Waals surface area contributed by atoms with Crippen LogP contribution in [0.2, 0.25) is 0 Å². The first kappa shape index (κ1) is 16.6. The molecule has 0 aliphatic carbocycles. The van der Waals surface area contributed by atoms with Gasteiger partial charge in [-0.1, -0.05) is 12.1 Å². The Morgan fingerprint density at radius 2 is 2.30 bits per heavy atom. The average molecular weight is 334 g/mol. The molecule has 1 saturated heterocycles. The molecule has 3 nitrogen and oxygen atoms in total. The normalized spacial score (nSPS) is 22.4. The first-order valence-electron chi connectivity index (χ1n) is 8.04. The summed E-state index contributed by atoms with van der Waals surface area (Å²) in [4.78, 5) is 8.15. The number of methoxy groups -OCH3 is 1. The second-order valence-electron chi connectivity index (χ2n) is 6.25. The Bertz CT molecular complexity index is 645. The van der Waals surface area contributed by atoms with Crippen LogP contribution in [-0.4, -0.2) is 36.2 Å². The van der Waals surface area contributed by atoms with Crippen LogP contribution >= 0.6 is 11.3 Å². The molecule has 1 fully saturated rings. The summed E-state index contributed by atoms with van der Waals surface area (Å²) in [5.74, 6) is 0.230. The molecule has 124 valence electrons. The largest absolute Gasteiger partial charge is 0.381 e. The highest BCUT2D eigenvalue weighted by molar-refractivity contribution is 7.09. The summed E-state index contributed by atoms with van der Waals surface area (Å²) in [7, 11) is 1.78. The number of nitrogens with zero attached hydrogens (tertiary/aromatic N) is 2. The quantitative estimate of drug-likeness (QED) is 0.834. The molecule has 1 aliphatic rings. The van der Waals surface area contributed by atoms with Crippen LogP contribution in [0.25, 0.3) is 0 Å². The lowest BCUT2D eigenvalue weighted by molar-refractivity contribution is -0.00830. The molecule has 0 unspecified atom stereocenters. The van der Waals surface area contributed by atoms with E-state index in [1.54, 1.807) is 30.6 Å². The van der Waals surface area contributed by atoms with Crippen molar-refractivity contribution in [1.29, 1.82) is 0 Å². The van der Waals surface area contributed by atoms with Crippen LogP contribution in [0.4, 0.5) is 4.39 Å². The van der Waals surface area contributed by atoms with Gasteiger partial charge in [-0.05, 0) is 37.5 Å². The molecule has 1 aromatic heterocycles. The van der Waals surface area contributed by atoms with E-state index in [9.17, 15) is 4.39 Å². The fourth-order valence-electron chi connectivity index (χ4n) is 3.38. The maximum Gasteiger partial charge on any atom is 0.123 e. The second kappa shape index (κ2) is 7.51. The first-order chi connectivity index (χ1) is 11.2. The molecule has 1 aliphatic heterocycles. The van der Waals surface area contributed by atoms with Gasteiger partial charge in [0.15, 0.2) is 0 Å². The summed E-state index contributed by atoms with van der Waals surface area (Å²) in [5.41, 5.74) is 4.09. The van der Waals surface area contributed by atoms with Crippen molar-refractivity contribution >= 4 is 11.3 Å². The minimum atomic E-state index is -0.163. The molecule has 2 aromatic rings. The summed E-state index contributed by atoms with van der Waals surface area (Å²) < 4.78 is 19.1. The molecule has 5 heteroatoms. The lowest BCUT2D eigenvalue weighted by Gasteiger charge is -2.38. The number of halogens is 1. The first-order valence-corrected chi connectivity index (χ1v) is 8.92. The predicted molar refractivity (Wildman–Crippen MR) is 91.1 cm³/mol. The van der Waals surface area contributed by atoms with Crippen LogP contribution in [0.5, 0.6) is 0 Å². The van der Waals surface area contributed by atoms with E-state index in [0.29, 0.717) is 5.92 Å². The minimum Gasteiger partial charge on any atom is -0.381 e. The minimum absolute atomic E-state index is 0.163. The highest BCUT2D eigenvalue weighted by atomic mass is 32.1. The third kappa shape index (κ3) is 4.16. The number of rotatable bonds is 5. The van der Waals surface area contributed by atoms with E-state index < -0.39 is 0 Å². The molecular formula is C18H23FN2OS. The molecule has 0 radical (unpaired) electrons. The van der Waals surface area contributed by atoms with Crippen LogP contribution in [0.1, 0.15) is 22.6 Å². The Kier molecular flexibility index (Phi) is 5.41. The number of aromatic nitrogens is 1. The van der Waals surface area contributed by atoms with E-state index in [1.807, 2.05) is 11.6 Å². The monoisotopic (exact) mass is 334 g/mol. The molecular weight excluding hydrogens is 311 g/mol. The molecule has 0 N–H and O–H groups in total. The van der Waals surface area contributed by atoms with Gasteiger partial charge in [-0.2, -0.15) is 0 Å². The Morgan fingerprint density at radius 3 is 3.00 bits per heavy atom. The van der Waals surface area contributed by atoms with Crippen LogP contribution in [0, 0.1) is 18.7 Å². The van der Waals surface area contributed by atoms with Crippen molar-refractivity contribution in [2.75, 3.05) is 20.2 Å². The van der Waals surface area contributed by atoms with Crippen LogP contribution < -0.4 is 0 Å². The highest BCUT2D eigenvalue weighted by Gasteiger charge is 2.29. The smallest absolute Gasteiger partial charge is 0.123 e. The Hall–Kier alpha value is -1.30. The van der Waals surface area contributed by atoms with E-state index in [-0.39, 0.29) is 11.9 Å². The molecule has 1 aromatic carbocycles. The van der Waals surface area contributed by atoms with Crippen LogP contribution in [0.3, 0.4) is 0 Å². The number of ether oxygens (including phenoxy) is 1. The summed E-state index contributed by atoms with van der Waals surface area (Å²) in [6.45, 7) is 5.03. The lowest BCUT2D eigenvalue weighted by Crippen LogP contribution is -2.44. The molecule has 0 spiro atoms. The Morgan fingerprint density at radius 1 is 1.43 bits per heavy atom. The van der Waals surface area contributed by atoms with Gasteiger partial charge in [-0.3, -0.25) is 4.90 Å². The van der Waals surface area contributed by atoms with Gasteiger partial charge in [0.25, 0.3) is 0 Å². The molecule has 0 amide bonds. The topological polar surface area (TPSA) is 25.4 Å². The maximum atomic E-state index is 13.4. The summed E-state index contributed by atoms with van der Waals surface area (Å²) in [6, 6.07) is 6.92. The Labute approximate surface area is 141 Å². The molecule has 3 rings (SSSR count). The zero-order valence-corrected chi connectivity index (χ0v) is 14.5. The highest BCUT2D eigenvalue weighted by Crippen LogP contribution is 2.26. The number of piperidine rings is 1. The fourth-order valence-corrected chi connectivity index (χ4v) is 4.20. The van der Waals surface area contributed by atoms with Crippen molar-refractivity contribution < 1.29 is 9.13 Å². The molecule has 0 bridgehead atoms. The van der Waals surface area contributed by atoms with Crippen molar-refractivity contribution in [3.8, 4) is 0 Å². The maximum absolute atomic E-state index is 13.4. The van der Waals surface area contributed by atoms with Crippen molar-refractivity contribution in [1.82, 2.24) is 9.88 Å². The number of likely N-dealkylation sites (tertiary alicyclic amines) is 1. The van der Waals surface area contributed by atoms with Gasteiger partial charge >= 0.3 is 0 Å². The molecule has 23 heavy (non-hydrogen) atoms. The van der Waals surface area contributed by atoms with Gasteiger partial charge in [0, 0.05) is 37.5 Å². The number of benzene rings is 1. The number of thiazole rings is 1. The molecule has 2 heterocycles. The number of aryl methyl sites for hydroxylation is 1. The number of hydrogen-bond donors (Lipinski definition) is 0. The summed E-state index contributed by atoms with van der Waals surface area (Å²) in [5, 5.41) is 0. The predicted octanol–water partition coefficient (Wildman–Crippen LogP) is 3.67. The molecule has 2 atom stereocenters. The SMILES string of the molecule is CO[C@@H]1CCN(Cc2scnc2C)C[C@H]1Cc1cccc(F)c1. The van der Waals surface area contributed by atoms with Crippen molar-refractivity contribution in [3.05, 3.63) is 51.7 Å². The van der Waals surface area contributed by atoms with Gasteiger partial charge < -0.3 is 4.74 Å². The lowest BCUT2D eigenvalue weighted by atomic mass is 9.88. The second-order valence-corrected chi connectivity index (χ2v) is 7.19. The Balaban J connectivity index is 1.67. The van der Waals surface area contributed by atoms with Crippen LogP contribution in [0.15, 0.2) is 29.8 Å².